The zero-order chi connectivity index (χ0) is 15.5. The first-order valence-corrected chi connectivity index (χ1v) is 8.19. The van der Waals surface area contributed by atoms with Crippen LogP contribution in [0.25, 0.3) is 0 Å². The van der Waals surface area contributed by atoms with Gasteiger partial charge in [0.05, 0.1) is 7.11 Å². The molecule has 114 valence electrons. The lowest BCUT2D eigenvalue weighted by atomic mass is 9.95. The van der Waals surface area contributed by atoms with Gasteiger partial charge in [-0.05, 0) is 30.5 Å². The van der Waals surface area contributed by atoms with Crippen molar-refractivity contribution in [3.8, 4) is 5.75 Å². The first-order chi connectivity index (χ1) is 9.91. The van der Waals surface area contributed by atoms with Crippen molar-refractivity contribution in [1.29, 1.82) is 0 Å². The zero-order valence-corrected chi connectivity index (χ0v) is 14.4. The predicted octanol–water partition coefficient (Wildman–Crippen LogP) is 4.91. The van der Waals surface area contributed by atoms with E-state index in [4.69, 9.17) is 4.74 Å². The molecular formula is C18H25NOS. The fourth-order valence-corrected chi connectivity index (χ4v) is 3.28. The molecule has 0 aliphatic rings. The summed E-state index contributed by atoms with van der Waals surface area (Å²) in [6.45, 7) is 9.84. The molecule has 1 atom stereocenters. The molecule has 1 heterocycles. The number of rotatable bonds is 5. The molecule has 1 unspecified atom stereocenters. The normalized spacial score (nSPS) is 13.2. The molecule has 0 amide bonds. The summed E-state index contributed by atoms with van der Waals surface area (Å²) in [5.74, 6) is 0.944. The van der Waals surface area contributed by atoms with Crippen LogP contribution in [-0.2, 0) is 12.0 Å². The number of hydrogen-bond donors (Lipinski definition) is 1. The molecule has 21 heavy (non-hydrogen) atoms. The van der Waals surface area contributed by atoms with Gasteiger partial charge in [-0.25, -0.2) is 0 Å². The zero-order valence-electron chi connectivity index (χ0n) is 13.6. The fourth-order valence-electron chi connectivity index (χ4n) is 2.26. The molecule has 0 fully saturated rings. The minimum atomic E-state index is 0.233. The highest BCUT2D eigenvalue weighted by atomic mass is 32.1. The van der Waals surface area contributed by atoms with Gasteiger partial charge in [0.2, 0.25) is 0 Å². The third-order valence-corrected chi connectivity index (χ3v) is 5.10. The maximum atomic E-state index is 5.43. The van der Waals surface area contributed by atoms with E-state index in [0.717, 1.165) is 12.3 Å². The van der Waals surface area contributed by atoms with E-state index in [9.17, 15) is 0 Å². The molecule has 0 aliphatic carbocycles. The molecule has 1 aromatic heterocycles. The Balaban J connectivity index is 2.01. The molecule has 1 N–H and O–H groups in total. The van der Waals surface area contributed by atoms with Gasteiger partial charge in [-0.2, -0.15) is 0 Å². The van der Waals surface area contributed by atoms with Gasteiger partial charge in [0.25, 0.3) is 0 Å². The molecule has 0 aliphatic heterocycles. The minimum absolute atomic E-state index is 0.233. The fraction of sp³-hybridized carbons (Fsp3) is 0.444. The van der Waals surface area contributed by atoms with E-state index in [1.165, 1.54) is 15.3 Å². The highest BCUT2D eigenvalue weighted by Gasteiger charge is 2.16. The van der Waals surface area contributed by atoms with Crippen LogP contribution in [0.4, 0.5) is 0 Å². The van der Waals surface area contributed by atoms with Crippen LogP contribution >= 0.6 is 11.3 Å². The summed E-state index contributed by atoms with van der Waals surface area (Å²) in [5, 5.41) is 3.59. The summed E-state index contributed by atoms with van der Waals surface area (Å²) in [5.41, 5.74) is 1.43. The lowest BCUT2D eigenvalue weighted by Gasteiger charge is -2.17. The van der Waals surface area contributed by atoms with Crippen LogP contribution in [0.1, 0.15) is 49.1 Å². The average molecular weight is 303 g/mol. The van der Waals surface area contributed by atoms with E-state index in [-0.39, 0.29) is 11.5 Å². The maximum absolute atomic E-state index is 5.43. The van der Waals surface area contributed by atoms with Gasteiger partial charge in [-0.1, -0.05) is 39.0 Å². The van der Waals surface area contributed by atoms with E-state index in [1.54, 1.807) is 7.11 Å². The van der Waals surface area contributed by atoms with Gasteiger partial charge >= 0.3 is 0 Å². The Bertz CT molecular complexity index is 583. The molecule has 0 saturated carbocycles. The monoisotopic (exact) mass is 303 g/mol. The lowest BCUT2D eigenvalue weighted by molar-refractivity contribution is 0.401. The predicted molar refractivity (Wildman–Crippen MR) is 91.3 cm³/mol. The summed E-state index contributed by atoms with van der Waals surface area (Å²) in [4.78, 5) is 2.81. The number of nitrogens with one attached hydrogen (secondary N) is 1. The van der Waals surface area contributed by atoms with E-state index in [1.807, 2.05) is 23.5 Å². The Morgan fingerprint density at radius 1 is 1.14 bits per heavy atom. The van der Waals surface area contributed by atoms with Crippen LogP contribution in [0.5, 0.6) is 5.75 Å². The standard InChI is InChI=1S/C18H25NOS/c1-13(15-8-6-7-9-16(15)20-5)19-12-14-10-11-17(21-14)18(2,3)4/h6-11,13,19H,12H2,1-5H3. The van der Waals surface area contributed by atoms with Crippen LogP contribution in [0, 0.1) is 0 Å². The smallest absolute Gasteiger partial charge is 0.123 e. The molecule has 0 saturated heterocycles. The van der Waals surface area contributed by atoms with Crippen molar-refractivity contribution < 1.29 is 4.74 Å². The molecule has 0 spiro atoms. The van der Waals surface area contributed by atoms with E-state index >= 15 is 0 Å². The van der Waals surface area contributed by atoms with Crippen LogP contribution < -0.4 is 10.1 Å². The number of ether oxygens (including phenoxy) is 1. The average Bonchev–Trinajstić information content (AvgIpc) is 2.93. The molecule has 0 radical (unpaired) electrons. The Morgan fingerprint density at radius 2 is 1.86 bits per heavy atom. The second-order valence-electron chi connectivity index (χ2n) is 6.36. The third kappa shape index (κ3) is 4.08. The van der Waals surface area contributed by atoms with E-state index in [2.05, 4.69) is 57.3 Å². The maximum Gasteiger partial charge on any atom is 0.123 e. The van der Waals surface area contributed by atoms with Gasteiger partial charge in [-0.3, -0.25) is 0 Å². The third-order valence-electron chi connectivity index (χ3n) is 3.59. The molecule has 3 heteroatoms. The van der Waals surface area contributed by atoms with Gasteiger partial charge in [0.1, 0.15) is 5.75 Å². The molecule has 0 bridgehead atoms. The molecule has 1 aromatic carbocycles. The van der Waals surface area contributed by atoms with E-state index in [0.29, 0.717) is 0 Å². The minimum Gasteiger partial charge on any atom is -0.496 e. The van der Waals surface area contributed by atoms with Crippen LogP contribution in [0.15, 0.2) is 36.4 Å². The Kier molecular flexibility index (Phi) is 5.07. The summed E-state index contributed by atoms with van der Waals surface area (Å²) in [7, 11) is 1.72. The Morgan fingerprint density at radius 3 is 2.48 bits per heavy atom. The lowest BCUT2D eigenvalue weighted by Crippen LogP contribution is -2.18. The summed E-state index contributed by atoms with van der Waals surface area (Å²) >= 11 is 1.89. The van der Waals surface area contributed by atoms with Crippen LogP contribution in [0.2, 0.25) is 0 Å². The summed E-state index contributed by atoms with van der Waals surface area (Å²) in [6.07, 6.45) is 0. The van der Waals surface area contributed by atoms with Crippen LogP contribution in [0.3, 0.4) is 0 Å². The topological polar surface area (TPSA) is 21.3 Å². The molecule has 2 rings (SSSR count). The largest absolute Gasteiger partial charge is 0.496 e. The Hall–Kier alpha value is -1.32. The number of benzene rings is 1. The molecule has 2 aromatic rings. The van der Waals surface area contributed by atoms with E-state index < -0.39 is 0 Å². The highest BCUT2D eigenvalue weighted by Crippen LogP contribution is 2.30. The van der Waals surface area contributed by atoms with Gasteiger partial charge in [0.15, 0.2) is 0 Å². The van der Waals surface area contributed by atoms with Gasteiger partial charge < -0.3 is 10.1 Å². The van der Waals surface area contributed by atoms with Crippen molar-refractivity contribution in [1.82, 2.24) is 5.32 Å². The summed E-state index contributed by atoms with van der Waals surface area (Å²) < 4.78 is 5.43. The summed E-state index contributed by atoms with van der Waals surface area (Å²) in [6, 6.07) is 12.9. The number of thiophene rings is 1. The van der Waals surface area contributed by atoms with Crippen molar-refractivity contribution in [3.05, 3.63) is 51.7 Å². The van der Waals surface area contributed by atoms with Crippen molar-refractivity contribution >= 4 is 11.3 Å². The second kappa shape index (κ2) is 6.63. The van der Waals surface area contributed by atoms with Crippen LogP contribution in [-0.4, -0.2) is 7.11 Å². The first-order valence-electron chi connectivity index (χ1n) is 7.37. The van der Waals surface area contributed by atoms with Gasteiger partial charge in [-0.15, -0.1) is 11.3 Å². The number of hydrogen-bond acceptors (Lipinski definition) is 3. The van der Waals surface area contributed by atoms with Crippen molar-refractivity contribution in [3.63, 3.8) is 0 Å². The first kappa shape index (κ1) is 16.1. The second-order valence-corrected chi connectivity index (χ2v) is 7.53. The quantitative estimate of drug-likeness (QED) is 0.848. The molecular weight excluding hydrogens is 278 g/mol. The highest BCUT2D eigenvalue weighted by molar-refractivity contribution is 7.12. The van der Waals surface area contributed by atoms with Crippen molar-refractivity contribution in [2.24, 2.45) is 0 Å². The Labute approximate surface area is 132 Å². The van der Waals surface area contributed by atoms with Crippen molar-refractivity contribution in [2.45, 2.75) is 45.7 Å². The van der Waals surface area contributed by atoms with Gasteiger partial charge in [0, 0.05) is 27.9 Å². The van der Waals surface area contributed by atoms with Crippen molar-refractivity contribution in [2.75, 3.05) is 7.11 Å². The molecule has 2 nitrogen and oxygen atoms in total. The number of methoxy groups -OCH3 is 1. The SMILES string of the molecule is COc1ccccc1C(C)NCc1ccc(C(C)(C)C)s1. The number of para-hydroxylation sites is 1.